The number of rotatable bonds is 6. The Bertz CT molecular complexity index is 1260. The first-order chi connectivity index (χ1) is 17.1. The van der Waals surface area contributed by atoms with Gasteiger partial charge in [0.25, 0.3) is 0 Å². The summed E-state index contributed by atoms with van der Waals surface area (Å²) in [6, 6.07) is 22.3. The summed E-state index contributed by atoms with van der Waals surface area (Å²) in [6.45, 7) is 0. The third kappa shape index (κ3) is 5.94. The van der Waals surface area contributed by atoms with Crippen LogP contribution in [0, 0.1) is 7.14 Å². The third-order valence-corrected chi connectivity index (χ3v) is 15.2. The summed E-state index contributed by atoms with van der Waals surface area (Å²) >= 11 is -0.519. The molecule has 1 saturated carbocycles. The molecular weight excluding hydrogens is 664 g/mol. The van der Waals surface area contributed by atoms with Crippen molar-refractivity contribution in [2.75, 3.05) is 17.7 Å². The molecule has 0 radical (unpaired) electrons. The minimum atomic E-state index is -0.295. The Kier molecular flexibility index (Phi) is 7.81. The zero-order valence-electron chi connectivity index (χ0n) is 19.5. The van der Waals surface area contributed by atoms with E-state index in [1.807, 2.05) is 49.5 Å². The molecule has 0 saturated heterocycles. The molecule has 3 aromatic rings. The van der Waals surface area contributed by atoms with Gasteiger partial charge in [-0.15, -0.1) is 0 Å². The maximum absolute atomic E-state index is 12.8. The van der Waals surface area contributed by atoms with Gasteiger partial charge in [0.15, 0.2) is 0 Å². The van der Waals surface area contributed by atoms with Crippen molar-refractivity contribution < 1.29 is 30.8 Å². The molecule has 1 fully saturated rings. The molecule has 3 aromatic carbocycles. The fourth-order valence-corrected chi connectivity index (χ4v) is 13.4. The molecule has 7 heteroatoms. The fourth-order valence-electron chi connectivity index (χ4n) is 4.28. The van der Waals surface area contributed by atoms with Gasteiger partial charge in [-0.3, -0.25) is 0 Å². The number of anilines is 2. The number of hydrogen-bond acceptors (Lipinski definition) is 3. The van der Waals surface area contributed by atoms with Gasteiger partial charge >= 0.3 is 228 Å². The van der Waals surface area contributed by atoms with Gasteiger partial charge in [-0.2, -0.15) is 0 Å². The molecule has 0 bridgehead atoms. The van der Waals surface area contributed by atoms with Gasteiger partial charge in [-0.25, -0.2) is 0 Å². The first kappa shape index (κ1) is 24.4. The Hall–Kier alpha value is -2.27. The molecule has 0 unspecified atom stereocenters. The van der Waals surface area contributed by atoms with Crippen molar-refractivity contribution in [3.63, 3.8) is 0 Å². The monoisotopic (exact) mass is 692 g/mol. The van der Waals surface area contributed by atoms with Crippen LogP contribution in [0.5, 0.6) is 0 Å². The molecule has 0 aromatic heterocycles. The molecule has 1 aliphatic heterocycles. The zero-order valence-corrected chi connectivity index (χ0v) is 23.9. The topological polar surface area (TPSA) is 70.2 Å². The van der Waals surface area contributed by atoms with Crippen LogP contribution >= 0.6 is 20.7 Å². The van der Waals surface area contributed by atoms with E-state index in [4.69, 9.17) is 0 Å². The van der Waals surface area contributed by atoms with Gasteiger partial charge in [-0.05, 0) is 0 Å². The normalized spacial score (nSPS) is 15.6. The summed E-state index contributed by atoms with van der Waals surface area (Å²) in [5.41, 5.74) is 4.51. The fraction of sp³-hybridized carbons (Fsp3) is 0.250. The molecule has 1 aliphatic carbocycles. The standard InChI is InChI=1S/C28H28I2N3O2/c1-31-21-12-14-23(15-13-21)33-28(35)20-11-16-24-25(17-20)30-26(29-24)18-7-9-19(10-8-18)27(34)32-22-5-3-2-4-6-22/h7-17,22,31H,2-6H2,1H3,(H,32,34)(H,33,35)/q-1. The summed E-state index contributed by atoms with van der Waals surface area (Å²) in [7, 11) is 1.87. The SMILES string of the molecule is CNc1ccc(NC(=O)c2ccc3c(c2)I=C(c2ccc(C(=O)NC4CCCCC4)cc2)[I-]3)cc1. The Balaban J connectivity index is 1.25. The second-order valence-electron chi connectivity index (χ2n) is 8.75. The number of carbonyl (C=O) groups excluding carboxylic acids is 2. The van der Waals surface area contributed by atoms with Crippen LogP contribution < -0.4 is 37.2 Å². The number of hydrogen-bond donors (Lipinski definition) is 3. The number of fused-ring (bicyclic) bond motifs is 1. The zero-order chi connectivity index (χ0) is 24.2. The van der Waals surface area contributed by atoms with E-state index in [1.54, 1.807) is 0 Å². The van der Waals surface area contributed by atoms with Crippen molar-refractivity contribution >= 4 is 45.4 Å². The molecule has 0 atom stereocenters. The van der Waals surface area contributed by atoms with Gasteiger partial charge in [-0.1, -0.05) is 0 Å². The van der Waals surface area contributed by atoms with E-state index in [0.717, 1.165) is 29.8 Å². The molecule has 1 heterocycles. The van der Waals surface area contributed by atoms with Gasteiger partial charge in [0.2, 0.25) is 0 Å². The van der Waals surface area contributed by atoms with Gasteiger partial charge in [0.05, 0.1) is 0 Å². The van der Waals surface area contributed by atoms with Crippen molar-refractivity contribution in [2.45, 2.75) is 38.1 Å². The molecule has 3 N–H and O–H groups in total. The molecule has 5 rings (SSSR count). The van der Waals surface area contributed by atoms with Gasteiger partial charge in [0, 0.05) is 0 Å². The van der Waals surface area contributed by atoms with Crippen LogP contribution in [0.2, 0.25) is 0 Å². The number of nitrogens with one attached hydrogen (secondary N) is 3. The van der Waals surface area contributed by atoms with Gasteiger partial charge < -0.3 is 0 Å². The molecule has 5 nitrogen and oxygen atoms in total. The van der Waals surface area contributed by atoms with Crippen LogP contribution in [0.1, 0.15) is 58.4 Å². The molecule has 182 valence electrons. The quantitative estimate of drug-likeness (QED) is 0.349. The summed E-state index contributed by atoms with van der Waals surface area (Å²) in [6.07, 6.45) is 5.90. The van der Waals surface area contributed by atoms with Crippen LogP contribution in [0.25, 0.3) is 0 Å². The van der Waals surface area contributed by atoms with Crippen LogP contribution in [-0.4, -0.2) is 26.4 Å². The maximum atomic E-state index is 12.8. The molecule has 2 aliphatic rings. The van der Waals surface area contributed by atoms with E-state index in [0.29, 0.717) is 11.6 Å². The van der Waals surface area contributed by atoms with Crippen molar-refractivity contribution in [3.8, 4) is 0 Å². The average molecular weight is 692 g/mol. The van der Waals surface area contributed by atoms with Crippen LogP contribution in [0.4, 0.5) is 11.4 Å². The average Bonchev–Trinajstić information content (AvgIpc) is 3.33. The predicted molar refractivity (Wildman–Crippen MR) is 147 cm³/mol. The van der Waals surface area contributed by atoms with Crippen molar-refractivity contribution in [2.24, 2.45) is 0 Å². The van der Waals surface area contributed by atoms with E-state index in [1.165, 1.54) is 33.5 Å². The molecule has 35 heavy (non-hydrogen) atoms. The molecule has 2 amide bonds. The second kappa shape index (κ2) is 11.2. The minimum absolute atomic E-state index is 0.0452. The molecular formula is C28H28I2N3O2-. The Labute approximate surface area is 226 Å². The Morgan fingerprint density at radius 2 is 1.51 bits per heavy atom. The van der Waals surface area contributed by atoms with Crippen molar-refractivity contribution in [1.82, 2.24) is 5.32 Å². The predicted octanol–water partition coefficient (Wildman–Crippen LogP) is 2.63. The number of benzene rings is 3. The molecule has 0 spiro atoms. The van der Waals surface area contributed by atoms with Crippen LogP contribution in [-0.2, 0) is 0 Å². The van der Waals surface area contributed by atoms with E-state index in [9.17, 15) is 9.59 Å². The Morgan fingerprint density at radius 1 is 0.829 bits per heavy atom. The van der Waals surface area contributed by atoms with Crippen LogP contribution in [0.15, 0.2) is 66.7 Å². The number of halogens is 2. The first-order valence-corrected chi connectivity index (χ1v) is 16.2. The Morgan fingerprint density at radius 3 is 2.23 bits per heavy atom. The van der Waals surface area contributed by atoms with E-state index in [-0.39, 0.29) is 53.8 Å². The van der Waals surface area contributed by atoms with E-state index in [2.05, 4.69) is 40.2 Å². The first-order valence-electron chi connectivity index (χ1n) is 11.9. The summed E-state index contributed by atoms with van der Waals surface area (Å²) in [5.74, 6) is -0.0298. The summed E-state index contributed by atoms with van der Waals surface area (Å²) in [5, 5.41) is 9.29. The van der Waals surface area contributed by atoms with Crippen molar-refractivity contribution in [1.29, 1.82) is 0 Å². The summed E-state index contributed by atoms with van der Waals surface area (Å²) in [4.78, 5) is 25.5. The number of amides is 2. The third-order valence-electron chi connectivity index (χ3n) is 6.29. The van der Waals surface area contributed by atoms with Crippen LogP contribution in [0.3, 0.4) is 0 Å². The van der Waals surface area contributed by atoms with E-state index < -0.39 is 0 Å². The van der Waals surface area contributed by atoms with E-state index >= 15 is 0 Å². The second-order valence-corrected chi connectivity index (χ2v) is 16.4. The number of carbonyl (C=O) groups is 2. The van der Waals surface area contributed by atoms with Gasteiger partial charge in [0.1, 0.15) is 0 Å². The van der Waals surface area contributed by atoms with Crippen molar-refractivity contribution in [3.05, 3.63) is 90.6 Å². The summed E-state index contributed by atoms with van der Waals surface area (Å²) < 4.78 is 4.31.